The Bertz CT molecular complexity index is 615. The van der Waals surface area contributed by atoms with Gasteiger partial charge < -0.3 is 5.73 Å². The smallest absolute Gasteiger partial charge is 0.103 e. The van der Waals surface area contributed by atoms with Gasteiger partial charge in [0.05, 0.1) is 16.8 Å². The lowest BCUT2D eigenvalue weighted by atomic mass is 10.00. The predicted molar refractivity (Wildman–Crippen MR) is 57.8 cm³/mol. The van der Waals surface area contributed by atoms with Gasteiger partial charge in [-0.1, -0.05) is 24.3 Å². The fourth-order valence-corrected chi connectivity index (χ4v) is 1.58. The Morgan fingerprint density at radius 3 is 2.47 bits per heavy atom. The summed E-state index contributed by atoms with van der Waals surface area (Å²) in [6.45, 7) is 0. The van der Waals surface area contributed by atoms with Crippen LogP contribution < -0.4 is 5.73 Å². The lowest BCUT2D eigenvalue weighted by molar-refractivity contribution is 1.44. The maximum absolute atomic E-state index is 8.91. The SMILES string of the molecule is N#Cc1cc2ccccc2c(N)c1C#N. The fraction of sp³-hybridized carbons (Fsp3) is 0. The highest BCUT2D eigenvalue weighted by molar-refractivity contribution is 5.97. The molecule has 0 radical (unpaired) electrons. The van der Waals surface area contributed by atoms with E-state index in [2.05, 4.69) is 0 Å². The quantitative estimate of drug-likeness (QED) is 0.651. The van der Waals surface area contributed by atoms with Crippen molar-refractivity contribution in [1.82, 2.24) is 0 Å². The van der Waals surface area contributed by atoms with Gasteiger partial charge in [-0.3, -0.25) is 0 Å². The molecule has 3 heteroatoms. The van der Waals surface area contributed by atoms with E-state index >= 15 is 0 Å². The van der Waals surface area contributed by atoms with Crippen LogP contribution in [0, 0.1) is 22.7 Å². The van der Waals surface area contributed by atoms with Gasteiger partial charge in [0.2, 0.25) is 0 Å². The van der Waals surface area contributed by atoms with Gasteiger partial charge in [-0.05, 0) is 11.5 Å². The largest absolute Gasteiger partial charge is 0.397 e. The monoisotopic (exact) mass is 193 g/mol. The number of nitrogens with zero attached hydrogens (tertiary/aromatic N) is 2. The summed E-state index contributed by atoms with van der Waals surface area (Å²) < 4.78 is 0. The van der Waals surface area contributed by atoms with Crippen molar-refractivity contribution >= 4 is 16.5 Å². The first-order valence-electron chi connectivity index (χ1n) is 4.39. The third-order valence-electron chi connectivity index (χ3n) is 2.32. The molecule has 2 rings (SSSR count). The molecule has 15 heavy (non-hydrogen) atoms. The minimum absolute atomic E-state index is 0.260. The first kappa shape index (κ1) is 9.05. The molecule has 0 atom stereocenters. The van der Waals surface area contributed by atoms with Gasteiger partial charge >= 0.3 is 0 Å². The lowest BCUT2D eigenvalue weighted by Crippen LogP contribution is -1.95. The van der Waals surface area contributed by atoms with E-state index in [-0.39, 0.29) is 5.56 Å². The molecule has 0 fully saturated rings. The zero-order valence-corrected chi connectivity index (χ0v) is 7.86. The lowest BCUT2D eigenvalue weighted by Gasteiger charge is -2.05. The van der Waals surface area contributed by atoms with E-state index in [0.717, 1.165) is 10.8 Å². The number of benzene rings is 2. The Kier molecular flexibility index (Phi) is 2.00. The maximum atomic E-state index is 8.91. The van der Waals surface area contributed by atoms with E-state index in [1.807, 2.05) is 36.4 Å². The van der Waals surface area contributed by atoms with E-state index in [1.54, 1.807) is 6.07 Å². The molecule has 0 saturated heterocycles. The average molecular weight is 193 g/mol. The molecule has 70 valence electrons. The Morgan fingerprint density at radius 2 is 1.80 bits per heavy atom. The number of hydrogen-bond donors (Lipinski definition) is 1. The summed E-state index contributed by atoms with van der Waals surface area (Å²) >= 11 is 0. The van der Waals surface area contributed by atoms with Crippen molar-refractivity contribution in [3.63, 3.8) is 0 Å². The van der Waals surface area contributed by atoms with Crippen LogP contribution in [0.4, 0.5) is 5.69 Å². The summed E-state index contributed by atoms with van der Waals surface area (Å²) in [4.78, 5) is 0. The van der Waals surface area contributed by atoms with Crippen molar-refractivity contribution in [2.24, 2.45) is 0 Å². The third-order valence-corrected chi connectivity index (χ3v) is 2.32. The van der Waals surface area contributed by atoms with E-state index < -0.39 is 0 Å². The molecule has 0 aliphatic rings. The normalized spacial score (nSPS) is 9.47. The number of nitrogens with two attached hydrogens (primary N) is 1. The second-order valence-electron chi connectivity index (χ2n) is 3.16. The summed E-state index contributed by atoms with van der Waals surface area (Å²) in [7, 11) is 0. The van der Waals surface area contributed by atoms with Crippen LogP contribution in [0.3, 0.4) is 0 Å². The van der Waals surface area contributed by atoms with Crippen LogP contribution in [-0.2, 0) is 0 Å². The molecule has 0 saturated carbocycles. The van der Waals surface area contributed by atoms with Crippen LogP contribution in [0.2, 0.25) is 0 Å². The Morgan fingerprint density at radius 1 is 1.07 bits per heavy atom. The summed E-state index contributed by atoms with van der Waals surface area (Å²) in [5, 5.41) is 19.5. The molecule has 0 aromatic heterocycles. The number of fused-ring (bicyclic) bond motifs is 1. The van der Waals surface area contributed by atoms with E-state index in [9.17, 15) is 0 Å². The number of rotatable bonds is 0. The van der Waals surface area contributed by atoms with Crippen LogP contribution in [0.1, 0.15) is 11.1 Å². The van der Waals surface area contributed by atoms with E-state index in [1.165, 1.54) is 0 Å². The molecule has 3 nitrogen and oxygen atoms in total. The minimum Gasteiger partial charge on any atom is -0.397 e. The molecule has 0 aliphatic carbocycles. The molecule has 0 heterocycles. The summed E-state index contributed by atoms with van der Waals surface area (Å²) in [5.74, 6) is 0. The number of anilines is 1. The predicted octanol–water partition coefficient (Wildman–Crippen LogP) is 2.17. The van der Waals surface area contributed by atoms with Crippen molar-refractivity contribution in [3.05, 3.63) is 41.5 Å². The number of nitrogen functional groups attached to an aromatic ring is 1. The third kappa shape index (κ3) is 1.27. The van der Waals surface area contributed by atoms with Crippen LogP contribution in [0.25, 0.3) is 10.8 Å². The van der Waals surface area contributed by atoms with Crippen molar-refractivity contribution in [1.29, 1.82) is 10.5 Å². The van der Waals surface area contributed by atoms with E-state index in [0.29, 0.717) is 11.3 Å². The highest BCUT2D eigenvalue weighted by atomic mass is 14.6. The first-order valence-corrected chi connectivity index (χ1v) is 4.39. The minimum atomic E-state index is 0.260. The molecule has 0 aliphatic heterocycles. The fourth-order valence-electron chi connectivity index (χ4n) is 1.58. The zero-order valence-electron chi connectivity index (χ0n) is 7.86. The van der Waals surface area contributed by atoms with Crippen LogP contribution >= 0.6 is 0 Å². The van der Waals surface area contributed by atoms with Gasteiger partial charge in [0.15, 0.2) is 0 Å². The molecule has 0 unspecified atom stereocenters. The van der Waals surface area contributed by atoms with Gasteiger partial charge in [-0.2, -0.15) is 10.5 Å². The Balaban J connectivity index is 2.97. The standard InChI is InChI=1S/C12H7N3/c13-6-9-5-8-3-1-2-4-10(8)12(15)11(9)7-14/h1-5H,15H2. The van der Waals surface area contributed by atoms with Gasteiger partial charge in [-0.25, -0.2) is 0 Å². The Hall–Kier alpha value is -2.52. The highest BCUT2D eigenvalue weighted by Gasteiger charge is 2.09. The van der Waals surface area contributed by atoms with Crippen molar-refractivity contribution in [2.45, 2.75) is 0 Å². The second-order valence-corrected chi connectivity index (χ2v) is 3.16. The van der Waals surface area contributed by atoms with Crippen molar-refractivity contribution in [2.75, 3.05) is 5.73 Å². The van der Waals surface area contributed by atoms with Crippen molar-refractivity contribution < 1.29 is 0 Å². The van der Waals surface area contributed by atoms with Gasteiger partial charge in [0, 0.05) is 5.39 Å². The molecular weight excluding hydrogens is 186 g/mol. The average Bonchev–Trinajstić information content (AvgIpc) is 2.29. The summed E-state index contributed by atoms with van der Waals surface area (Å²) in [6, 6.07) is 13.1. The first-order chi connectivity index (χ1) is 7.27. The molecular formula is C12H7N3. The van der Waals surface area contributed by atoms with E-state index in [4.69, 9.17) is 16.3 Å². The zero-order chi connectivity index (χ0) is 10.8. The molecule has 2 aromatic carbocycles. The maximum Gasteiger partial charge on any atom is 0.103 e. The molecule has 0 bridgehead atoms. The van der Waals surface area contributed by atoms with Crippen LogP contribution in [-0.4, -0.2) is 0 Å². The topological polar surface area (TPSA) is 73.6 Å². The summed E-state index contributed by atoms with van der Waals surface area (Å²) in [6.07, 6.45) is 0. The second kappa shape index (κ2) is 3.32. The van der Waals surface area contributed by atoms with Gasteiger partial charge in [0.25, 0.3) is 0 Å². The van der Waals surface area contributed by atoms with Crippen LogP contribution in [0.15, 0.2) is 30.3 Å². The molecule has 0 amide bonds. The Labute approximate surface area is 87.0 Å². The summed E-state index contributed by atoms with van der Waals surface area (Å²) in [5.41, 5.74) is 6.80. The molecule has 0 spiro atoms. The number of hydrogen-bond acceptors (Lipinski definition) is 3. The number of nitriles is 2. The van der Waals surface area contributed by atoms with Gasteiger partial charge in [0.1, 0.15) is 12.1 Å². The van der Waals surface area contributed by atoms with Gasteiger partial charge in [-0.15, -0.1) is 0 Å². The van der Waals surface area contributed by atoms with Crippen LogP contribution in [0.5, 0.6) is 0 Å². The molecule has 2 aromatic rings. The molecule has 2 N–H and O–H groups in total. The highest BCUT2D eigenvalue weighted by Crippen LogP contribution is 2.27. The van der Waals surface area contributed by atoms with Crippen molar-refractivity contribution in [3.8, 4) is 12.1 Å².